The van der Waals surface area contributed by atoms with E-state index >= 15 is 0 Å². The maximum atomic E-state index is 10.3. The summed E-state index contributed by atoms with van der Waals surface area (Å²) in [6, 6.07) is 16.6. The topological polar surface area (TPSA) is 69.0 Å². The van der Waals surface area contributed by atoms with Crippen molar-refractivity contribution in [1.82, 2.24) is 0 Å². The summed E-state index contributed by atoms with van der Waals surface area (Å²) in [7, 11) is 1.69. The number of aliphatic hydroxyl groups is 1. The van der Waals surface area contributed by atoms with E-state index in [0.717, 1.165) is 44.3 Å². The molecule has 1 saturated heterocycles. The van der Waals surface area contributed by atoms with Crippen molar-refractivity contribution in [1.29, 1.82) is 0 Å². The lowest BCUT2D eigenvalue weighted by Crippen LogP contribution is -3.16. The molecule has 0 saturated carbocycles. The van der Waals surface area contributed by atoms with Crippen LogP contribution in [0.25, 0.3) is 0 Å². The minimum absolute atomic E-state index is 0.303. The summed E-state index contributed by atoms with van der Waals surface area (Å²) in [5.41, 5.74) is 2.49. The molecule has 6 nitrogen and oxygen atoms in total. The van der Waals surface area contributed by atoms with Crippen molar-refractivity contribution < 1.29 is 29.5 Å². The number of hydrogen-bond acceptors (Lipinski definition) is 4. The lowest BCUT2D eigenvalue weighted by Gasteiger charge is -2.31. The summed E-state index contributed by atoms with van der Waals surface area (Å²) in [5.74, 6) is 1.67. The first-order chi connectivity index (χ1) is 14.2. The highest BCUT2D eigenvalue weighted by Gasteiger charge is 2.28. The minimum Gasteiger partial charge on any atom is -0.497 e. The van der Waals surface area contributed by atoms with E-state index in [9.17, 15) is 5.11 Å². The highest BCUT2D eigenvalue weighted by molar-refractivity contribution is 5.28. The van der Waals surface area contributed by atoms with E-state index < -0.39 is 6.10 Å². The second-order valence-corrected chi connectivity index (χ2v) is 7.63. The fraction of sp³-hybridized carbons (Fsp3) is 0.478. The quantitative estimate of drug-likeness (QED) is 0.522. The van der Waals surface area contributed by atoms with Gasteiger partial charge in [0.25, 0.3) is 0 Å². The predicted molar refractivity (Wildman–Crippen MR) is 112 cm³/mol. The van der Waals surface area contributed by atoms with E-state index in [2.05, 4.69) is 17.4 Å². The molecule has 1 aliphatic heterocycles. The van der Waals surface area contributed by atoms with Crippen LogP contribution in [-0.2, 0) is 4.74 Å². The standard InChI is InChI=1S/C23H32N2O4/c1-18-3-7-22(8-4-18)29-17-20(26)15-24-16-23(25-11-13-28-14-12-25)19-5-9-21(27-2)10-6-19/h3-10,20,23-24,26H,11-17H2,1-2H3/p+2/t20-,23+/m0/s1. The number of rotatable bonds is 10. The molecule has 0 bridgehead atoms. The van der Waals surface area contributed by atoms with Crippen molar-refractivity contribution >= 4 is 0 Å². The Morgan fingerprint density at radius 1 is 1.00 bits per heavy atom. The van der Waals surface area contributed by atoms with Crippen LogP contribution in [0, 0.1) is 6.92 Å². The number of benzene rings is 2. The Kier molecular flexibility index (Phi) is 8.31. The SMILES string of the molecule is COc1ccc([C@@H](C[NH2+]C[C@H](O)COc2ccc(C)cc2)[NH+]2CCOCC2)cc1. The number of ether oxygens (including phenoxy) is 3. The third-order valence-corrected chi connectivity index (χ3v) is 5.45. The Bertz CT molecular complexity index is 715. The molecule has 0 radical (unpaired) electrons. The van der Waals surface area contributed by atoms with Crippen molar-refractivity contribution in [2.24, 2.45) is 0 Å². The molecule has 2 aromatic carbocycles. The van der Waals surface area contributed by atoms with Crippen LogP contribution < -0.4 is 19.7 Å². The van der Waals surface area contributed by atoms with E-state index in [1.165, 1.54) is 16.0 Å². The Morgan fingerprint density at radius 3 is 2.31 bits per heavy atom. The third-order valence-electron chi connectivity index (χ3n) is 5.45. The molecule has 6 heteroatoms. The van der Waals surface area contributed by atoms with Gasteiger partial charge in [0.1, 0.15) is 50.4 Å². The van der Waals surface area contributed by atoms with Crippen molar-refractivity contribution in [3.05, 3.63) is 59.7 Å². The molecular weight excluding hydrogens is 368 g/mol. The van der Waals surface area contributed by atoms with Gasteiger partial charge in [-0.05, 0) is 43.3 Å². The first kappa shape index (κ1) is 21.6. The molecule has 1 fully saturated rings. The number of nitrogens with one attached hydrogen (secondary N) is 1. The summed E-state index contributed by atoms with van der Waals surface area (Å²) in [6.07, 6.45) is -0.507. The van der Waals surface area contributed by atoms with Crippen LogP contribution >= 0.6 is 0 Å². The van der Waals surface area contributed by atoms with Gasteiger partial charge >= 0.3 is 0 Å². The molecular formula is C23H34N2O4+2. The molecule has 0 unspecified atom stereocenters. The highest BCUT2D eigenvalue weighted by Crippen LogP contribution is 2.15. The van der Waals surface area contributed by atoms with Gasteiger partial charge in [0.15, 0.2) is 6.04 Å². The van der Waals surface area contributed by atoms with Gasteiger partial charge in [0.05, 0.1) is 20.3 Å². The molecule has 158 valence electrons. The van der Waals surface area contributed by atoms with Gasteiger partial charge in [-0.1, -0.05) is 17.7 Å². The number of nitrogens with two attached hydrogens (primary N) is 1. The van der Waals surface area contributed by atoms with Gasteiger partial charge in [-0.2, -0.15) is 0 Å². The van der Waals surface area contributed by atoms with E-state index in [0.29, 0.717) is 19.2 Å². The Morgan fingerprint density at radius 2 is 1.66 bits per heavy atom. The molecule has 0 spiro atoms. The van der Waals surface area contributed by atoms with Gasteiger partial charge in [-0.25, -0.2) is 0 Å². The van der Waals surface area contributed by atoms with Crippen molar-refractivity contribution in [3.8, 4) is 11.5 Å². The molecule has 2 atom stereocenters. The zero-order chi connectivity index (χ0) is 20.5. The van der Waals surface area contributed by atoms with E-state index in [4.69, 9.17) is 14.2 Å². The Balaban J connectivity index is 1.51. The number of aryl methyl sites for hydroxylation is 1. The average Bonchev–Trinajstić information content (AvgIpc) is 2.77. The largest absolute Gasteiger partial charge is 0.497 e. The van der Waals surface area contributed by atoms with Crippen LogP contribution in [0.1, 0.15) is 17.2 Å². The number of quaternary nitrogens is 2. The van der Waals surface area contributed by atoms with Crippen LogP contribution in [0.3, 0.4) is 0 Å². The molecule has 1 heterocycles. The first-order valence-corrected chi connectivity index (χ1v) is 10.4. The van der Waals surface area contributed by atoms with Gasteiger partial charge in [0, 0.05) is 5.56 Å². The predicted octanol–water partition coefficient (Wildman–Crippen LogP) is -0.0369. The van der Waals surface area contributed by atoms with E-state index in [-0.39, 0.29) is 0 Å². The van der Waals surface area contributed by atoms with Crippen LogP contribution in [0.4, 0.5) is 0 Å². The molecule has 2 aromatic rings. The van der Waals surface area contributed by atoms with Gasteiger partial charge in [0.2, 0.25) is 0 Å². The molecule has 0 aliphatic carbocycles. The lowest BCUT2D eigenvalue weighted by molar-refractivity contribution is -0.951. The zero-order valence-corrected chi connectivity index (χ0v) is 17.5. The number of hydrogen-bond donors (Lipinski definition) is 3. The Hall–Kier alpha value is -2.12. The maximum absolute atomic E-state index is 10.3. The second kappa shape index (κ2) is 11.2. The smallest absolute Gasteiger partial charge is 0.163 e. The van der Waals surface area contributed by atoms with Gasteiger partial charge in [-0.3, -0.25) is 0 Å². The molecule has 4 N–H and O–H groups in total. The van der Waals surface area contributed by atoms with E-state index in [1.54, 1.807) is 7.11 Å². The fourth-order valence-corrected chi connectivity index (χ4v) is 3.71. The van der Waals surface area contributed by atoms with Crippen LogP contribution in [-0.4, -0.2) is 64.3 Å². The number of methoxy groups -OCH3 is 1. The minimum atomic E-state index is -0.507. The van der Waals surface area contributed by atoms with Gasteiger partial charge < -0.3 is 29.5 Å². The number of morpholine rings is 1. The average molecular weight is 403 g/mol. The monoisotopic (exact) mass is 402 g/mol. The van der Waals surface area contributed by atoms with Crippen LogP contribution in [0.2, 0.25) is 0 Å². The molecule has 3 rings (SSSR count). The molecule has 0 amide bonds. The van der Waals surface area contributed by atoms with Crippen molar-refractivity contribution in [2.75, 3.05) is 53.1 Å². The molecule has 29 heavy (non-hydrogen) atoms. The summed E-state index contributed by atoms with van der Waals surface area (Å²) < 4.78 is 16.5. The van der Waals surface area contributed by atoms with Crippen LogP contribution in [0.15, 0.2) is 48.5 Å². The zero-order valence-electron chi connectivity index (χ0n) is 17.5. The third kappa shape index (κ3) is 6.72. The summed E-state index contributed by atoms with van der Waals surface area (Å²) in [4.78, 5) is 1.53. The molecule has 1 aliphatic rings. The first-order valence-electron chi connectivity index (χ1n) is 10.4. The maximum Gasteiger partial charge on any atom is 0.163 e. The lowest BCUT2D eigenvalue weighted by atomic mass is 10.0. The normalized spacial score (nSPS) is 16.9. The Labute approximate surface area is 173 Å². The van der Waals surface area contributed by atoms with Crippen LogP contribution in [0.5, 0.6) is 11.5 Å². The van der Waals surface area contributed by atoms with E-state index in [1.807, 2.05) is 43.3 Å². The fourth-order valence-electron chi connectivity index (χ4n) is 3.71. The summed E-state index contributed by atoms with van der Waals surface area (Å²) in [6.45, 7) is 7.48. The van der Waals surface area contributed by atoms with Crippen molar-refractivity contribution in [3.63, 3.8) is 0 Å². The molecule has 0 aromatic heterocycles. The highest BCUT2D eigenvalue weighted by atomic mass is 16.5. The van der Waals surface area contributed by atoms with Crippen molar-refractivity contribution in [2.45, 2.75) is 19.1 Å². The summed E-state index contributed by atoms with van der Waals surface area (Å²) >= 11 is 0. The number of aliphatic hydroxyl groups excluding tert-OH is 1. The van der Waals surface area contributed by atoms with Gasteiger partial charge in [-0.15, -0.1) is 0 Å². The summed E-state index contributed by atoms with van der Waals surface area (Å²) in [5, 5.41) is 12.5. The second-order valence-electron chi connectivity index (χ2n) is 7.63.